The quantitative estimate of drug-likeness (QED) is 0.233. The summed E-state index contributed by atoms with van der Waals surface area (Å²) in [6.45, 7) is 3.51. The summed E-state index contributed by atoms with van der Waals surface area (Å²) in [7, 11) is 0. The summed E-state index contributed by atoms with van der Waals surface area (Å²) in [5.41, 5.74) is -3.42. The van der Waals surface area contributed by atoms with Gasteiger partial charge in [0, 0.05) is 0 Å². The van der Waals surface area contributed by atoms with Gasteiger partial charge >= 0.3 is 17.9 Å². The fraction of sp³-hybridized carbons (Fsp3) is 0.667. The molecule has 0 aromatic rings. The molecular formula is C12H18O9. The second-order valence-electron chi connectivity index (χ2n) is 3.69. The summed E-state index contributed by atoms with van der Waals surface area (Å²) in [6.07, 6.45) is -2.62. The van der Waals surface area contributed by atoms with E-state index in [-0.39, 0.29) is 19.8 Å². The standard InChI is InChI=1S/C12H18O9/c1-4-19-9(15)7(13)12(18,11(17)21-6-3)8(14)10(16)20-5-2/h7,13,18H,4-6H2,1-3H3. The molecule has 0 bridgehead atoms. The molecule has 2 unspecified atom stereocenters. The van der Waals surface area contributed by atoms with Crippen molar-refractivity contribution in [2.45, 2.75) is 32.5 Å². The van der Waals surface area contributed by atoms with Crippen molar-refractivity contribution < 1.29 is 43.6 Å². The molecule has 0 spiro atoms. The lowest BCUT2D eigenvalue weighted by atomic mass is 9.91. The van der Waals surface area contributed by atoms with Gasteiger partial charge in [0.2, 0.25) is 0 Å². The number of aliphatic hydroxyl groups excluding tert-OH is 1. The molecule has 0 saturated carbocycles. The Morgan fingerprint density at radius 2 is 1.43 bits per heavy atom. The Balaban J connectivity index is 5.56. The maximum absolute atomic E-state index is 11.8. The Morgan fingerprint density at radius 1 is 0.952 bits per heavy atom. The van der Waals surface area contributed by atoms with Gasteiger partial charge < -0.3 is 24.4 Å². The molecule has 21 heavy (non-hydrogen) atoms. The molecule has 0 radical (unpaired) electrons. The molecular weight excluding hydrogens is 288 g/mol. The molecule has 0 fully saturated rings. The van der Waals surface area contributed by atoms with Crippen molar-refractivity contribution in [3.05, 3.63) is 0 Å². The van der Waals surface area contributed by atoms with E-state index in [0.29, 0.717) is 0 Å². The fourth-order valence-corrected chi connectivity index (χ4v) is 1.31. The molecule has 0 amide bonds. The topological polar surface area (TPSA) is 136 Å². The first-order chi connectivity index (χ1) is 9.77. The summed E-state index contributed by atoms with van der Waals surface area (Å²) in [5, 5.41) is 19.8. The molecule has 120 valence electrons. The van der Waals surface area contributed by atoms with Gasteiger partial charge in [0.1, 0.15) is 0 Å². The Morgan fingerprint density at radius 3 is 1.86 bits per heavy atom. The van der Waals surface area contributed by atoms with Crippen LogP contribution in [0.1, 0.15) is 20.8 Å². The summed E-state index contributed by atoms with van der Waals surface area (Å²) >= 11 is 0. The second-order valence-corrected chi connectivity index (χ2v) is 3.69. The minimum Gasteiger partial charge on any atom is -0.464 e. The molecule has 9 heteroatoms. The second kappa shape index (κ2) is 8.32. The lowest BCUT2D eigenvalue weighted by molar-refractivity contribution is -0.195. The number of esters is 3. The molecule has 2 atom stereocenters. The first kappa shape index (κ1) is 19.0. The van der Waals surface area contributed by atoms with Crippen LogP contribution >= 0.6 is 0 Å². The van der Waals surface area contributed by atoms with Gasteiger partial charge in [0.05, 0.1) is 19.8 Å². The Bertz CT molecular complexity index is 417. The highest BCUT2D eigenvalue weighted by Gasteiger charge is 2.58. The Labute approximate surface area is 120 Å². The molecule has 0 heterocycles. The molecule has 0 aliphatic heterocycles. The molecule has 0 aromatic carbocycles. The van der Waals surface area contributed by atoms with E-state index in [4.69, 9.17) is 0 Å². The Hall–Kier alpha value is -2.00. The van der Waals surface area contributed by atoms with E-state index in [1.807, 2.05) is 0 Å². The SMILES string of the molecule is CCOC(=O)C(=O)C(O)(C(=O)OCC)C(O)C(=O)OCC. The van der Waals surface area contributed by atoms with Crippen LogP contribution in [0.2, 0.25) is 0 Å². The monoisotopic (exact) mass is 306 g/mol. The van der Waals surface area contributed by atoms with Crippen LogP contribution < -0.4 is 0 Å². The minimum atomic E-state index is -3.42. The lowest BCUT2D eigenvalue weighted by Crippen LogP contribution is -2.62. The first-order valence-electron chi connectivity index (χ1n) is 6.23. The third-order valence-electron chi connectivity index (χ3n) is 2.30. The van der Waals surface area contributed by atoms with Crippen molar-refractivity contribution in [3.8, 4) is 0 Å². The Kier molecular flexibility index (Phi) is 7.53. The maximum atomic E-state index is 11.8. The number of hydrogen-bond acceptors (Lipinski definition) is 9. The van der Waals surface area contributed by atoms with Crippen LogP contribution in [0, 0.1) is 0 Å². The van der Waals surface area contributed by atoms with Crippen LogP contribution in [0.25, 0.3) is 0 Å². The van der Waals surface area contributed by atoms with Gasteiger partial charge in [-0.25, -0.2) is 14.4 Å². The zero-order chi connectivity index (χ0) is 16.6. The van der Waals surface area contributed by atoms with Gasteiger partial charge in [-0.2, -0.15) is 0 Å². The number of aliphatic hydroxyl groups is 2. The van der Waals surface area contributed by atoms with Crippen molar-refractivity contribution in [1.29, 1.82) is 0 Å². The van der Waals surface area contributed by atoms with Crippen LogP contribution in [-0.2, 0) is 33.4 Å². The van der Waals surface area contributed by atoms with Gasteiger partial charge in [-0.1, -0.05) is 0 Å². The van der Waals surface area contributed by atoms with Gasteiger partial charge in [-0.3, -0.25) is 4.79 Å². The van der Waals surface area contributed by atoms with E-state index in [2.05, 4.69) is 14.2 Å². The van der Waals surface area contributed by atoms with Crippen LogP contribution in [0.4, 0.5) is 0 Å². The highest BCUT2D eigenvalue weighted by Crippen LogP contribution is 2.18. The van der Waals surface area contributed by atoms with Crippen molar-refractivity contribution in [1.82, 2.24) is 0 Å². The summed E-state index contributed by atoms with van der Waals surface area (Å²) < 4.78 is 13.2. The number of carbonyl (C=O) groups is 4. The number of carbonyl (C=O) groups excluding carboxylic acids is 4. The highest BCUT2D eigenvalue weighted by atomic mass is 16.6. The van der Waals surface area contributed by atoms with Gasteiger partial charge in [0.15, 0.2) is 6.10 Å². The van der Waals surface area contributed by atoms with E-state index in [1.165, 1.54) is 20.8 Å². The molecule has 0 aliphatic carbocycles. The molecule has 0 saturated heterocycles. The average molecular weight is 306 g/mol. The zero-order valence-electron chi connectivity index (χ0n) is 12.0. The zero-order valence-corrected chi connectivity index (χ0v) is 12.0. The van der Waals surface area contributed by atoms with Crippen LogP contribution in [0.5, 0.6) is 0 Å². The third kappa shape index (κ3) is 4.23. The van der Waals surface area contributed by atoms with E-state index >= 15 is 0 Å². The number of hydrogen-bond donors (Lipinski definition) is 2. The highest BCUT2D eigenvalue weighted by molar-refractivity contribution is 6.42. The van der Waals surface area contributed by atoms with Crippen molar-refractivity contribution >= 4 is 23.7 Å². The van der Waals surface area contributed by atoms with Gasteiger partial charge in [-0.05, 0) is 20.8 Å². The number of Topliss-reactive ketones (excluding diaryl/α,β-unsaturated/α-hetero) is 1. The first-order valence-corrected chi connectivity index (χ1v) is 6.23. The van der Waals surface area contributed by atoms with Crippen LogP contribution in [-0.4, -0.2) is 65.4 Å². The van der Waals surface area contributed by atoms with Crippen molar-refractivity contribution in [2.75, 3.05) is 19.8 Å². The van der Waals surface area contributed by atoms with Crippen molar-refractivity contribution in [2.24, 2.45) is 0 Å². The van der Waals surface area contributed by atoms with Crippen LogP contribution in [0.15, 0.2) is 0 Å². The summed E-state index contributed by atoms with van der Waals surface area (Å²) in [5.74, 6) is -6.51. The third-order valence-corrected chi connectivity index (χ3v) is 2.30. The normalized spacial score (nSPS) is 14.5. The molecule has 2 N–H and O–H groups in total. The molecule has 0 rings (SSSR count). The van der Waals surface area contributed by atoms with E-state index in [0.717, 1.165) is 0 Å². The predicted molar refractivity (Wildman–Crippen MR) is 65.9 cm³/mol. The number of rotatable bonds is 8. The van der Waals surface area contributed by atoms with E-state index in [1.54, 1.807) is 0 Å². The lowest BCUT2D eigenvalue weighted by Gasteiger charge is -2.26. The smallest absolute Gasteiger partial charge is 0.378 e. The summed E-state index contributed by atoms with van der Waals surface area (Å²) in [6, 6.07) is 0. The van der Waals surface area contributed by atoms with E-state index < -0.39 is 35.4 Å². The fourth-order valence-electron chi connectivity index (χ4n) is 1.31. The largest absolute Gasteiger partial charge is 0.464 e. The minimum absolute atomic E-state index is 0.178. The molecule has 0 aliphatic rings. The number of ether oxygens (including phenoxy) is 3. The maximum Gasteiger partial charge on any atom is 0.378 e. The predicted octanol–water partition coefficient (Wildman–Crippen LogP) is -1.66. The van der Waals surface area contributed by atoms with Gasteiger partial charge in [-0.15, -0.1) is 0 Å². The summed E-state index contributed by atoms with van der Waals surface area (Å²) in [4.78, 5) is 46.3. The molecule has 9 nitrogen and oxygen atoms in total. The average Bonchev–Trinajstić information content (AvgIpc) is 2.45. The van der Waals surface area contributed by atoms with Crippen LogP contribution in [0.3, 0.4) is 0 Å². The van der Waals surface area contributed by atoms with E-state index in [9.17, 15) is 29.4 Å². The number of ketones is 1. The van der Waals surface area contributed by atoms with Gasteiger partial charge in [0.25, 0.3) is 11.4 Å². The molecule has 0 aromatic heterocycles. The van der Waals surface area contributed by atoms with Crippen molar-refractivity contribution in [3.63, 3.8) is 0 Å².